The summed E-state index contributed by atoms with van der Waals surface area (Å²) < 4.78 is 15.1. The summed E-state index contributed by atoms with van der Waals surface area (Å²) >= 11 is 0. The molecule has 0 radical (unpaired) electrons. The first-order chi connectivity index (χ1) is 12.5. The van der Waals surface area contributed by atoms with Crippen LogP contribution in [0.15, 0.2) is 54.6 Å². The van der Waals surface area contributed by atoms with E-state index < -0.39 is 5.91 Å². The molecule has 0 spiro atoms. The summed E-state index contributed by atoms with van der Waals surface area (Å²) in [5.41, 5.74) is 5.72. The topological polar surface area (TPSA) is 67.2 Å². The molecule has 0 saturated heterocycles. The van der Waals surface area contributed by atoms with Crippen molar-refractivity contribution in [2.75, 3.05) is 0 Å². The van der Waals surface area contributed by atoms with Crippen LogP contribution in [-0.2, 0) is 6.42 Å². The van der Waals surface area contributed by atoms with Crippen LogP contribution in [0.3, 0.4) is 0 Å². The minimum absolute atomic E-state index is 0.0367. The SMILES string of the molecule is CCc1cc(-c2ccc(F)cc2)nn1C(C)c1ccc(C(=O)NO)cc1. The van der Waals surface area contributed by atoms with Gasteiger partial charge < -0.3 is 0 Å². The molecule has 1 unspecified atom stereocenters. The highest BCUT2D eigenvalue weighted by Gasteiger charge is 2.16. The molecule has 3 aromatic rings. The molecule has 0 aliphatic carbocycles. The Morgan fingerprint density at radius 2 is 1.85 bits per heavy atom. The molecular formula is C20H20FN3O2. The zero-order chi connectivity index (χ0) is 18.7. The Labute approximate surface area is 151 Å². The summed E-state index contributed by atoms with van der Waals surface area (Å²) in [5.74, 6) is -0.819. The van der Waals surface area contributed by atoms with Crippen LogP contribution in [0.4, 0.5) is 4.39 Å². The number of benzene rings is 2. The second kappa shape index (κ2) is 7.49. The molecule has 1 heterocycles. The van der Waals surface area contributed by atoms with Crippen LogP contribution in [0.2, 0.25) is 0 Å². The van der Waals surface area contributed by atoms with Crippen molar-refractivity contribution in [3.05, 3.63) is 77.2 Å². The van der Waals surface area contributed by atoms with E-state index in [2.05, 4.69) is 6.92 Å². The third-order valence-electron chi connectivity index (χ3n) is 4.44. The molecular weight excluding hydrogens is 333 g/mol. The third kappa shape index (κ3) is 3.50. The zero-order valence-corrected chi connectivity index (χ0v) is 14.6. The van der Waals surface area contributed by atoms with E-state index in [-0.39, 0.29) is 11.9 Å². The van der Waals surface area contributed by atoms with Gasteiger partial charge in [0.05, 0.1) is 11.7 Å². The average molecular weight is 353 g/mol. The minimum Gasteiger partial charge on any atom is -0.288 e. The third-order valence-corrected chi connectivity index (χ3v) is 4.44. The lowest BCUT2D eigenvalue weighted by molar-refractivity contribution is 0.0706. The number of halogens is 1. The van der Waals surface area contributed by atoms with Crippen LogP contribution in [0.5, 0.6) is 0 Å². The second-order valence-corrected chi connectivity index (χ2v) is 6.06. The number of carbonyl (C=O) groups excluding carboxylic acids is 1. The number of carbonyl (C=O) groups is 1. The van der Waals surface area contributed by atoms with Crippen molar-refractivity contribution in [3.8, 4) is 11.3 Å². The number of amides is 1. The van der Waals surface area contributed by atoms with E-state index in [1.54, 1.807) is 29.7 Å². The van der Waals surface area contributed by atoms with E-state index in [0.29, 0.717) is 5.56 Å². The summed E-state index contributed by atoms with van der Waals surface area (Å²) in [6.45, 7) is 4.09. The predicted molar refractivity (Wildman–Crippen MR) is 96.5 cm³/mol. The molecule has 0 bridgehead atoms. The molecule has 1 amide bonds. The lowest BCUT2D eigenvalue weighted by atomic mass is 10.1. The van der Waals surface area contributed by atoms with Gasteiger partial charge in [-0.15, -0.1) is 0 Å². The van der Waals surface area contributed by atoms with Gasteiger partial charge in [-0.3, -0.25) is 14.7 Å². The minimum atomic E-state index is -0.545. The maximum atomic E-state index is 13.1. The van der Waals surface area contributed by atoms with Crippen molar-refractivity contribution >= 4 is 5.91 Å². The lowest BCUT2D eigenvalue weighted by Gasteiger charge is -2.16. The number of aryl methyl sites for hydroxylation is 1. The highest BCUT2D eigenvalue weighted by atomic mass is 19.1. The first-order valence-electron chi connectivity index (χ1n) is 8.42. The quantitative estimate of drug-likeness (QED) is 0.538. The van der Waals surface area contributed by atoms with Crippen LogP contribution >= 0.6 is 0 Å². The highest BCUT2D eigenvalue weighted by molar-refractivity contribution is 5.93. The largest absolute Gasteiger partial charge is 0.288 e. The average Bonchev–Trinajstić information content (AvgIpc) is 3.12. The number of hydrogen-bond acceptors (Lipinski definition) is 3. The van der Waals surface area contributed by atoms with Gasteiger partial charge >= 0.3 is 0 Å². The van der Waals surface area contributed by atoms with Gasteiger partial charge in [-0.25, -0.2) is 9.87 Å². The van der Waals surface area contributed by atoms with Crippen LogP contribution in [0, 0.1) is 5.82 Å². The zero-order valence-electron chi connectivity index (χ0n) is 14.6. The Hall–Kier alpha value is -2.99. The molecule has 26 heavy (non-hydrogen) atoms. The number of nitrogens with one attached hydrogen (secondary N) is 1. The van der Waals surface area contributed by atoms with Crippen molar-refractivity contribution in [1.82, 2.24) is 15.3 Å². The van der Waals surface area contributed by atoms with Crippen molar-refractivity contribution in [3.63, 3.8) is 0 Å². The van der Waals surface area contributed by atoms with Crippen molar-refractivity contribution in [1.29, 1.82) is 0 Å². The fourth-order valence-corrected chi connectivity index (χ4v) is 2.91. The lowest BCUT2D eigenvalue weighted by Crippen LogP contribution is -2.18. The molecule has 0 aliphatic heterocycles. The van der Waals surface area contributed by atoms with Gasteiger partial charge in [0.25, 0.3) is 5.91 Å². The first-order valence-corrected chi connectivity index (χ1v) is 8.42. The Balaban J connectivity index is 1.92. The molecule has 0 aliphatic rings. The van der Waals surface area contributed by atoms with Gasteiger partial charge in [0.15, 0.2) is 0 Å². The summed E-state index contributed by atoms with van der Waals surface area (Å²) in [6.07, 6.45) is 0.809. The van der Waals surface area contributed by atoms with E-state index >= 15 is 0 Å². The molecule has 6 heteroatoms. The molecule has 0 fully saturated rings. The van der Waals surface area contributed by atoms with Crippen molar-refractivity contribution < 1.29 is 14.4 Å². The smallest absolute Gasteiger partial charge is 0.274 e. The number of aromatic nitrogens is 2. The Morgan fingerprint density at radius 3 is 2.42 bits per heavy atom. The number of hydroxylamine groups is 1. The summed E-state index contributed by atoms with van der Waals surface area (Å²) in [7, 11) is 0. The Morgan fingerprint density at radius 1 is 1.19 bits per heavy atom. The molecule has 3 rings (SSSR count). The Kier molecular flexibility index (Phi) is 5.14. The molecule has 0 saturated carbocycles. The number of nitrogens with zero attached hydrogens (tertiary/aromatic N) is 2. The van der Waals surface area contributed by atoms with Gasteiger partial charge in [0.1, 0.15) is 5.82 Å². The predicted octanol–water partition coefficient (Wildman–Crippen LogP) is 3.98. The molecule has 1 atom stereocenters. The van der Waals surface area contributed by atoms with Crippen LogP contribution in [0.25, 0.3) is 11.3 Å². The molecule has 134 valence electrons. The fourth-order valence-electron chi connectivity index (χ4n) is 2.91. The van der Waals surface area contributed by atoms with E-state index in [9.17, 15) is 9.18 Å². The molecule has 2 N–H and O–H groups in total. The van der Waals surface area contributed by atoms with Crippen molar-refractivity contribution in [2.45, 2.75) is 26.3 Å². The monoisotopic (exact) mass is 353 g/mol. The second-order valence-electron chi connectivity index (χ2n) is 6.06. The van der Waals surface area contributed by atoms with E-state index in [4.69, 9.17) is 10.3 Å². The van der Waals surface area contributed by atoms with Gasteiger partial charge in [0, 0.05) is 16.8 Å². The molecule has 2 aromatic carbocycles. The van der Waals surface area contributed by atoms with Crippen LogP contribution < -0.4 is 5.48 Å². The first kappa shape index (κ1) is 17.8. The van der Waals surface area contributed by atoms with E-state index in [1.807, 2.05) is 29.8 Å². The summed E-state index contributed by atoms with van der Waals surface area (Å²) in [4.78, 5) is 11.4. The maximum Gasteiger partial charge on any atom is 0.274 e. The summed E-state index contributed by atoms with van der Waals surface area (Å²) in [5, 5.41) is 13.4. The van der Waals surface area contributed by atoms with E-state index in [0.717, 1.165) is 28.9 Å². The Bertz CT molecular complexity index is 902. The van der Waals surface area contributed by atoms with Gasteiger partial charge in [-0.1, -0.05) is 19.1 Å². The van der Waals surface area contributed by atoms with Gasteiger partial charge in [-0.2, -0.15) is 5.10 Å². The molecule has 5 nitrogen and oxygen atoms in total. The van der Waals surface area contributed by atoms with E-state index in [1.165, 1.54) is 12.1 Å². The van der Waals surface area contributed by atoms with Crippen LogP contribution in [0.1, 0.15) is 41.5 Å². The van der Waals surface area contributed by atoms with Crippen LogP contribution in [-0.4, -0.2) is 20.9 Å². The number of hydrogen-bond donors (Lipinski definition) is 2. The standard InChI is InChI=1S/C20H20FN3O2/c1-3-18-12-19(15-8-10-17(21)11-9-15)22-24(18)13(2)14-4-6-16(7-5-14)20(25)23-26/h4-13,26H,3H2,1-2H3,(H,23,25). The normalized spacial score (nSPS) is 12.0. The molecule has 1 aromatic heterocycles. The fraction of sp³-hybridized carbons (Fsp3) is 0.200. The van der Waals surface area contributed by atoms with Crippen molar-refractivity contribution in [2.24, 2.45) is 0 Å². The highest BCUT2D eigenvalue weighted by Crippen LogP contribution is 2.25. The maximum absolute atomic E-state index is 13.1. The van der Waals surface area contributed by atoms with Gasteiger partial charge in [0.2, 0.25) is 0 Å². The summed E-state index contributed by atoms with van der Waals surface area (Å²) in [6, 6.07) is 15.3. The van der Waals surface area contributed by atoms with Gasteiger partial charge in [-0.05, 0) is 61.4 Å². The number of rotatable bonds is 5.